The predicted octanol–water partition coefficient (Wildman–Crippen LogP) is 4.17. The van der Waals surface area contributed by atoms with Gasteiger partial charge in [0.15, 0.2) is 5.65 Å². The first-order valence-corrected chi connectivity index (χ1v) is 13.5. The number of carbonyl (C=O) groups is 3. The van der Waals surface area contributed by atoms with Crippen LogP contribution in [-0.2, 0) is 14.4 Å². The molecule has 218 valence electrons. The van der Waals surface area contributed by atoms with Crippen molar-refractivity contribution in [1.29, 1.82) is 0 Å². The lowest BCUT2D eigenvalue weighted by Gasteiger charge is -2.29. The molecule has 14 heteroatoms. The molecule has 0 spiro atoms. The highest BCUT2D eigenvalue weighted by atomic mass is 19.4. The lowest BCUT2D eigenvalue weighted by molar-refractivity contribution is -0.192. The number of hydrogen-bond acceptors (Lipinski definition) is 8. The maximum atomic E-state index is 12.0. The number of amides is 2. The number of halogens is 3. The summed E-state index contributed by atoms with van der Waals surface area (Å²) in [5.74, 6) is -0.541. The van der Waals surface area contributed by atoms with E-state index < -0.39 is 12.1 Å². The van der Waals surface area contributed by atoms with Crippen molar-refractivity contribution in [3.05, 3.63) is 17.3 Å². The Morgan fingerprint density at radius 2 is 1.75 bits per heavy atom. The zero-order chi connectivity index (χ0) is 29.0. The highest BCUT2D eigenvalue weighted by molar-refractivity contribution is 6.15. The fourth-order valence-corrected chi connectivity index (χ4v) is 4.72. The van der Waals surface area contributed by atoms with E-state index >= 15 is 0 Å². The Balaban J connectivity index is 0.000000470. The molecule has 0 aromatic carbocycles. The molecule has 2 aromatic rings. The first kappa shape index (κ1) is 29.3. The van der Waals surface area contributed by atoms with E-state index in [-0.39, 0.29) is 18.2 Å². The summed E-state index contributed by atoms with van der Waals surface area (Å²) in [6.07, 6.45) is 8.00. The zero-order valence-electron chi connectivity index (χ0n) is 22.4. The Morgan fingerprint density at radius 3 is 2.30 bits per heavy atom. The summed E-state index contributed by atoms with van der Waals surface area (Å²) in [5.41, 5.74) is 1.76. The van der Waals surface area contributed by atoms with Crippen LogP contribution < -0.4 is 16.0 Å². The Bertz CT molecular complexity index is 1280. The summed E-state index contributed by atoms with van der Waals surface area (Å²) in [5, 5.41) is 20.9. The van der Waals surface area contributed by atoms with E-state index in [4.69, 9.17) is 19.9 Å². The molecular formula is C26H34F3N7O4. The third kappa shape index (κ3) is 7.92. The smallest absolute Gasteiger partial charge is 0.475 e. The van der Waals surface area contributed by atoms with Gasteiger partial charge in [0.2, 0.25) is 17.8 Å². The normalized spacial score (nSPS) is 22.3. The molecule has 4 N–H and O–H groups in total. The topological polar surface area (TPSA) is 151 Å². The van der Waals surface area contributed by atoms with Gasteiger partial charge in [0.25, 0.3) is 5.91 Å². The molecule has 2 saturated carbocycles. The van der Waals surface area contributed by atoms with Crippen LogP contribution in [-0.4, -0.2) is 60.7 Å². The van der Waals surface area contributed by atoms with Crippen molar-refractivity contribution in [3.63, 3.8) is 0 Å². The van der Waals surface area contributed by atoms with E-state index in [2.05, 4.69) is 34.9 Å². The van der Waals surface area contributed by atoms with Crippen LogP contribution in [0.1, 0.15) is 77.2 Å². The number of rotatable bonds is 8. The van der Waals surface area contributed by atoms with Gasteiger partial charge in [0.1, 0.15) is 0 Å². The fourth-order valence-electron chi connectivity index (χ4n) is 4.72. The summed E-state index contributed by atoms with van der Waals surface area (Å²) in [4.78, 5) is 42.0. The van der Waals surface area contributed by atoms with E-state index in [1.54, 1.807) is 16.8 Å². The molecule has 0 unspecified atom stereocenters. The fraction of sp³-hybridized carbons (Fsp3) is 0.615. The molecule has 2 amide bonds. The second kappa shape index (κ2) is 12.2. The van der Waals surface area contributed by atoms with Gasteiger partial charge in [-0.1, -0.05) is 26.7 Å². The van der Waals surface area contributed by atoms with E-state index in [0.29, 0.717) is 40.8 Å². The summed E-state index contributed by atoms with van der Waals surface area (Å²) < 4.78 is 33.4. The highest BCUT2D eigenvalue weighted by Crippen LogP contribution is 2.31. The third-order valence-corrected chi connectivity index (χ3v) is 7.11. The molecule has 1 aliphatic heterocycles. The lowest BCUT2D eigenvalue weighted by Crippen LogP contribution is -2.27. The van der Waals surface area contributed by atoms with Gasteiger partial charge in [-0.2, -0.15) is 32.8 Å². The van der Waals surface area contributed by atoms with Gasteiger partial charge in [0, 0.05) is 23.2 Å². The van der Waals surface area contributed by atoms with Crippen molar-refractivity contribution >= 4 is 41.4 Å². The van der Waals surface area contributed by atoms with Crippen LogP contribution >= 0.6 is 0 Å². The minimum absolute atomic E-state index is 0.0829. The third-order valence-electron chi connectivity index (χ3n) is 7.11. The molecule has 0 bridgehead atoms. The number of carbonyl (C=O) groups excluding carboxylic acids is 2. The Labute approximate surface area is 229 Å². The van der Waals surface area contributed by atoms with Crippen LogP contribution in [0.15, 0.2) is 11.8 Å². The quantitative estimate of drug-likeness (QED) is 0.273. The van der Waals surface area contributed by atoms with Crippen LogP contribution in [0, 0.1) is 11.8 Å². The number of carboxylic acids is 1. The molecule has 2 aliphatic carbocycles. The summed E-state index contributed by atoms with van der Waals surface area (Å²) >= 11 is 0. The maximum Gasteiger partial charge on any atom is 0.490 e. The van der Waals surface area contributed by atoms with Gasteiger partial charge in [-0.3, -0.25) is 14.9 Å². The van der Waals surface area contributed by atoms with Crippen molar-refractivity contribution in [1.82, 2.24) is 24.9 Å². The summed E-state index contributed by atoms with van der Waals surface area (Å²) in [6.45, 7) is 4.59. The second-order valence-corrected chi connectivity index (χ2v) is 11.0. The number of aromatic nitrogens is 4. The maximum absolute atomic E-state index is 12.0. The number of nitrogens with one attached hydrogen (secondary N) is 3. The molecule has 11 nitrogen and oxygen atoms in total. The van der Waals surface area contributed by atoms with Crippen LogP contribution in [0.4, 0.5) is 25.1 Å². The number of aliphatic carboxylic acids is 1. The zero-order valence-corrected chi connectivity index (χ0v) is 22.4. The van der Waals surface area contributed by atoms with Gasteiger partial charge in [-0.25, -0.2) is 4.79 Å². The van der Waals surface area contributed by atoms with Crippen molar-refractivity contribution in [2.24, 2.45) is 11.8 Å². The number of hydrogen-bond donors (Lipinski definition) is 4. The minimum atomic E-state index is -5.08. The van der Waals surface area contributed by atoms with Crippen molar-refractivity contribution < 1.29 is 32.7 Å². The van der Waals surface area contributed by atoms with Crippen molar-refractivity contribution in [2.45, 2.75) is 89.9 Å². The van der Waals surface area contributed by atoms with Crippen LogP contribution in [0.3, 0.4) is 0 Å². The van der Waals surface area contributed by atoms with E-state index in [1.807, 2.05) is 0 Å². The number of carboxylic acid groups (broad SMARTS) is 1. The average molecular weight is 566 g/mol. The van der Waals surface area contributed by atoms with Crippen LogP contribution in [0.2, 0.25) is 0 Å². The minimum Gasteiger partial charge on any atom is -0.475 e. The highest BCUT2D eigenvalue weighted by Gasteiger charge is 2.38. The Hall–Kier alpha value is -3.71. The van der Waals surface area contributed by atoms with Gasteiger partial charge in [-0.15, -0.1) is 0 Å². The molecular weight excluding hydrogens is 531 g/mol. The number of fused-ring (bicyclic) bond motifs is 1. The molecule has 3 aliphatic rings. The molecule has 0 atom stereocenters. The van der Waals surface area contributed by atoms with Gasteiger partial charge in [0.05, 0.1) is 12.6 Å². The second-order valence-electron chi connectivity index (χ2n) is 11.0. The molecule has 0 radical (unpaired) electrons. The van der Waals surface area contributed by atoms with E-state index in [0.717, 1.165) is 37.5 Å². The monoisotopic (exact) mass is 565 g/mol. The van der Waals surface area contributed by atoms with Crippen molar-refractivity contribution in [2.75, 3.05) is 10.6 Å². The van der Waals surface area contributed by atoms with Crippen LogP contribution in [0.25, 0.3) is 11.7 Å². The van der Waals surface area contributed by atoms with E-state index in [1.165, 1.54) is 25.7 Å². The standard InChI is InChI=1S/C24H33N7O2.C2HF3O2/c1-14(2)3-4-15-5-7-18(8-6-15)26-23-29-21-17(11-16-12-20(32)28-22(16)33)13-25-31(21)24(30-23)27-19-9-10-19;3-2(4,5)1(6)7/h11,13-15,18-19H,3-10,12H2,1-2H3,(H,28,32,33)(H2,26,27,29,30);(H,6,7)/b16-11+;. The molecule has 1 saturated heterocycles. The number of anilines is 2. The number of imide groups is 1. The van der Waals surface area contributed by atoms with Gasteiger partial charge < -0.3 is 15.7 Å². The first-order valence-electron chi connectivity index (χ1n) is 13.5. The largest absolute Gasteiger partial charge is 0.490 e. The summed E-state index contributed by atoms with van der Waals surface area (Å²) in [7, 11) is 0. The number of alkyl halides is 3. The molecule has 2 aromatic heterocycles. The molecule has 5 rings (SSSR count). The molecule has 3 fully saturated rings. The SMILES string of the molecule is CC(C)CCC1CCC(Nc2nc(NC3CC3)n3ncc(/C=C4\CC(=O)NC4=O)c3n2)CC1.O=C(O)C(F)(F)F. The van der Waals surface area contributed by atoms with E-state index in [9.17, 15) is 22.8 Å². The predicted molar refractivity (Wildman–Crippen MR) is 140 cm³/mol. The average Bonchev–Trinajstić information content (AvgIpc) is 3.51. The number of nitrogens with zero attached hydrogens (tertiary/aromatic N) is 4. The Kier molecular flexibility index (Phi) is 8.94. The molecule has 40 heavy (non-hydrogen) atoms. The van der Waals surface area contributed by atoms with Gasteiger partial charge in [-0.05, 0) is 56.4 Å². The Morgan fingerprint density at radius 1 is 1.12 bits per heavy atom. The van der Waals surface area contributed by atoms with Gasteiger partial charge >= 0.3 is 12.1 Å². The molecule has 3 heterocycles. The lowest BCUT2D eigenvalue weighted by atomic mass is 9.82. The summed E-state index contributed by atoms with van der Waals surface area (Å²) in [6, 6.07) is 0.774. The first-order chi connectivity index (χ1) is 18.9. The van der Waals surface area contributed by atoms with Crippen LogP contribution in [0.5, 0.6) is 0 Å². The van der Waals surface area contributed by atoms with Crippen molar-refractivity contribution in [3.8, 4) is 0 Å².